The van der Waals surface area contributed by atoms with Crippen molar-refractivity contribution in [3.05, 3.63) is 17.7 Å². The molecule has 0 spiro atoms. The normalized spacial score (nSPS) is 14.9. The highest BCUT2D eigenvalue weighted by Crippen LogP contribution is 2.14. The topological polar surface area (TPSA) is 50.1 Å². The van der Waals surface area contributed by atoms with Gasteiger partial charge in [0.2, 0.25) is 0 Å². The Hall–Kier alpha value is -0.870. The molecule has 0 radical (unpaired) electrons. The molecule has 1 rings (SSSR count). The number of aryl methyl sites for hydroxylation is 2. The Morgan fingerprint density at radius 2 is 2.12 bits per heavy atom. The van der Waals surface area contributed by atoms with Gasteiger partial charge in [-0.05, 0) is 47.1 Å². The Bertz CT molecular complexity index is 342. The number of aromatic nitrogens is 2. The molecule has 2 N–H and O–H groups in total. The SMILES string of the molecule is CNC(C)(CO)CCCCn1cnc(C)c1C. The molecular formula is C13H25N3O. The fraction of sp³-hybridized carbons (Fsp3) is 0.769. The molecule has 0 aromatic carbocycles. The summed E-state index contributed by atoms with van der Waals surface area (Å²) in [7, 11) is 1.90. The van der Waals surface area contributed by atoms with Crippen molar-refractivity contribution >= 4 is 0 Å². The van der Waals surface area contributed by atoms with Gasteiger partial charge in [-0.2, -0.15) is 0 Å². The largest absolute Gasteiger partial charge is 0.394 e. The molecule has 1 aromatic heterocycles. The van der Waals surface area contributed by atoms with Crippen LogP contribution in [0.5, 0.6) is 0 Å². The molecule has 0 aliphatic carbocycles. The molecule has 0 fully saturated rings. The van der Waals surface area contributed by atoms with E-state index in [0.29, 0.717) is 0 Å². The van der Waals surface area contributed by atoms with E-state index in [2.05, 4.69) is 28.7 Å². The standard InChI is InChI=1S/C13H25N3O/c1-11-12(2)16(10-15-11)8-6-5-7-13(3,9-17)14-4/h10,14,17H,5-9H2,1-4H3. The van der Waals surface area contributed by atoms with E-state index in [0.717, 1.165) is 31.5 Å². The quantitative estimate of drug-likeness (QED) is 0.711. The van der Waals surface area contributed by atoms with Gasteiger partial charge in [-0.1, -0.05) is 0 Å². The van der Waals surface area contributed by atoms with Crippen molar-refractivity contribution < 1.29 is 5.11 Å². The molecule has 0 aliphatic rings. The number of imidazole rings is 1. The van der Waals surface area contributed by atoms with E-state index in [1.165, 1.54) is 5.69 Å². The number of rotatable bonds is 7. The maximum atomic E-state index is 9.27. The monoisotopic (exact) mass is 239 g/mol. The molecule has 0 bridgehead atoms. The van der Waals surface area contributed by atoms with Crippen molar-refractivity contribution in [3.8, 4) is 0 Å². The van der Waals surface area contributed by atoms with Gasteiger partial charge >= 0.3 is 0 Å². The molecule has 1 unspecified atom stereocenters. The second-order valence-corrected chi connectivity index (χ2v) is 5.03. The van der Waals surface area contributed by atoms with Crippen molar-refractivity contribution in [2.75, 3.05) is 13.7 Å². The van der Waals surface area contributed by atoms with Crippen LogP contribution in [0.4, 0.5) is 0 Å². The van der Waals surface area contributed by atoms with Gasteiger partial charge in [-0.15, -0.1) is 0 Å². The number of unbranched alkanes of at least 4 members (excludes halogenated alkanes) is 1. The van der Waals surface area contributed by atoms with Crippen molar-refractivity contribution in [1.29, 1.82) is 0 Å². The van der Waals surface area contributed by atoms with Crippen LogP contribution in [-0.2, 0) is 6.54 Å². The second kappa shape index (κ2) is 6.17. The van der Waals surface area contributed by atoms with Crippen LogP contribution in [0.1, 0.15) is 37.6 Å². The number of likely N-dealkylation sites (N-methyl/N-ethyl adjacent to an activating group) is 1. The number of aliphatic hydroxyl groups is 1. The second-order valence-electron chi connectivity index (χ2n) is 5.03. The van der Waals surface area contributed by atoms with Gasteiger partial charge in [-0.3, -0.25) is 0 Å². The van der Waals surface area contributed by atoms with Gasteiger partial charge in [-0.25, -0.2) is 4.98 Å². The van der Waals surface area contributed by atoms with Crippen LogP contribution < -0.4 is 5.32 Å². The van der Waals surface area contributed by atoms with E-state index >= 15 is 0 Å². The number of hydrogen-bond acceptors (Lipinski definition) is 3. The molecule has 17 heavy (non-hydrogen) atoms. The molecule has 0 saturated carbocycles. The van der Waals surface area contributed by atoms with Gasteiger partial charge < -0.3 is 15.0 Å². The van der Waals surface area contributed by atoms with Crippen LogP contribution in [0.2, 0.25) is 0 Å². The average molecular weight is 239 g/mol. The molecule has 1 aromatic rings. The van der Waals surface area contributed by atoms with Crippen molar-refractivity contribution in [2.45, 2.75) is 52.1 Å². The fourth-order valence-electron chi connectivity index (χ4n) is 1.85. The van der Waals surface area contributed by atoms with E-state index in [1.54, 1.807) is 0 Å². The van der Waals surface area contributed by atoms with Crippen LogP contribution in [0, 0.1) is 13.8 Å². The molecule has 1 atom stereocenters. The zero-order valence-electron chi connectivity index (χ0n) is 11.5. The molecule has 4 nitrogen and oxygen atoms in total. The minimum Gasteiger partial charge on any atom is -0.394 e. The first kappa shape index (κ1) is 14.2. The number of hydrogen-bond donors (Lipinski definition) is 2. The van der Waals surface area contributed by atoms with Crippen molar-refractivity contribution in [1.82, 2.24) is 14.9 Å². The molecule has 98 valence electrons. The van der Waals surface area contributed by atoms with Crippen LogP contribution >= 0.6 is 0 Å². The van der Waals surface area contributed by atoms with E-state index in [1.807, 2.05) is 20.3 Å². The molecule has 0 saturated heterocycles. The number of nitrogens with one attached hydrogen (secondary N) is 1. The first-order valence-electron chi connectivity index (χ1n) is 6.30. The Labute approximate surface area is 104 Å². The molecule has 1 heterocycles. The van der Waals surface area contributed by atoms with Crippen molar-refractivity contribution in [2.24, 2.45) is 0 Å². The maximum Gasteiger partial charge on any atom is 0.0951 e. The summed E-state index contributed by atoms with van der Waals surface area (Å²) in [6.45, 7) is 7.40. The summed E-state index contributed by atoms with van der Waals surface area (Å²) < 4.78 is 2.20. The Morgan fingerprint density at radius 3 is 2.59 bits per heavy atom. The van der Waals surface area contributed by atoms with E-state index < -0.39 is 0 Å². The van der Waals surface area contributed by atoms with E-state index in [-0.39, 0.29) is 12.1 Å². The van der Waals surface area contributed by atoms with Crippen LogP contribution in [0.25, 0.3) is 0 Å². The summed E-state index contributed by atoms with van der Waals surface area (Å²) in [6.07, 6.45) is 5.13. The maximum absolute atomic E-state index is 9.27. The van der Waals surface area contributed by atoms with Gasteiger partial charge in [0.1, 0.15) is 0 Å². The molecule has 4 heteroatoms. The van der Waals surface area contributed by atoms with Crippen LogP contribution in [-0.4, -0.2) is 33.9 Å². The molecule has 0 aliphatic heterocycles. The van der Waals surface area contributed by atoms with Gasteiger partial charge in [0, 0.05) is 17.8 Å². The third kappa shape index (κ3) is 3.82. The smallest absolute Gasteiger partial charge is 0.0951 e. The van der Waals surface area contributed by atoms with Gasteiger partial charge in [0.15, 0.2) is 0 Å². The Balaban J connectivity index is 2.31. The van der Waals surface area contributed by atoms with Gasteiger partial charge in [0.05, 0.1) is 18.6 Å². The first-order valence-corrected chi connectivity index (χ1v) is 6.30. The number of nitrogens with zero attached hydrogens (tertiary/aromatic N) is 2. The average Bonchev–Trinajstić information content (AvgIpc) is 2.66. The summed E-state index contributed by atoms with van der Waals surface area (Å²) in [4.78, 5) is 4.29. The summed E-state index contributed by atoms with van der Waals surface area (Å²) >= 11 is 0. The van der Waals surface area contributed by atoms with Crippen molar-refractivity contribution in [3.63, 3.8) is 0 Å². The fourth-order valence-corrected chi connectivity index (χ4v) is 1.85. The Morgan fingerprint density at radius 1 is 1.41 bits per heavy atom. The zero-order chi connectivity index (χ0) is 12.9. The summed E-state index contributed by atoms with van der Waals surface area (Å²) in [5.41, 5.74) is 2.23. The first-order chi connectivity index (χ1) is 8.02. The zero-order valence-corrected chi connectivity index (χ0v) is 11.5. The number of aliphatic hydroxyl groups excluding tert-OH is 1. The predicted octanol–water partition coefficient (Wildman–Crippen LogP) is 1.64. The van der Waals surface area contributed by atoms with E-state index in [9.17, 15) is 5.11 Å². The van der Waals surface area contributed by atoms with Crippen LogP contribution in [0.3, 0.4) is 0 Å². The lowest BCUT2D eigenvalue weighted by molar-refractivity contribution is 0.170. The lowest BCUT2D eigenvalue weighted by Gasteiger charge is -2.26. The highest BCUT2D eigenvalue weighted by Gasteiger charge is 2.19. The third-order valence-corrected chi connectivity index (χ3v) is 3.68. The predicted molar refractivity (Wildman–Crippen MR) is 70.1 cm³/mol. The Kier molecular flexibility index (Phi) is 5.15. The highest BCUT2D eigenvalue weighted by atomic mass is 16.3. The minimum absolute atomic E-state index is 0.139. The van der Waals surface area contributed by atoms with Gasteiger partial charge in [0.25, 0.3) is 0 Å². The minimum atomic E-state index is -0.139. The summed E-state index contributed by atoms with van der Waals surface area (Å²) in [5, 5.41) is 12.4. The molecule has 0 amide bonds. The third-order valence-electron chi connectivity index (χ3n) is 3.68. The lowest BCUT2D eigenvalue weighted by Crippen LogP contribution is -2.43. The highest BCUT2D eigenvalue weighted by molar-refractivity contribution is 5.08. The summed E-state index contributed by atoms with van der Waals surface area (Å²) in [5.74, 6) is 0. The molecular weight excluding hydrogens is 214 g/mol. The summed E-state index contributed by atoms with van der Waals surface area (Å²) in [6, 6.07) is 0. The lowest BCUT2D eigenvalue weighted by atomic mass is 9.96. The van der Waals surface area contributed by atoms with Crippen LogP contribution in [0.15, 0.2) is 6.33 Å². The van der Waals surface area contributed by atoms with E-state index in [4.69, 9.17) is 0 Å².